The Morgan fingerprint density at radius 3 is 2.67 bits per heavy atom. The van der Waals surface area contributed by atoms with Gasteiger partial charge in [0.2, 0.25) is 0 Å². The predicted molar refractivity (Wildman–Crippen MR) is 44.9 cm³/mol. The van der Waals surface area contributed by atoms with Crippen molar-refractivity contribution in [1.29, 1.82) is 0 Å². The Balaban J connectivity index is 2.38. The number of halogens is 1. The third-order valence-electron chi connectivity index (χ3n) is 1.93. The molecule has 1 rings (SSSR count). The van der Waals surface area contributed by atoms with E-state index < -0.39 is 0 Å². The minimum Gasteiger partial charge on any atom is -0.0845 e. The van der Waals surface area contributed by atoms with E-state index in [1.807, 2.05) is 0 Å². The van der Waals surface area contributed by atoms with Crippen LogP contribution in [0.4, 0.5) is 0 Å². The van der Waals surface area contributed by atoms with Crippen LogP contribution < -0.4 is 0 Å². The maximum absolute atomic E-state index is 3.56. The summed E-state index contributed by atoms with van der Waals surface area (Å²) >= 11 is 3.56. The Morgan fingerprint density at radius 2 is 2.22 bits per heavy atom. The molecule has 0 N–H and O–H groups in total. The van der Waals surface area contributed by atoms with E-state index in [-0.39, 0.29) is 0 Å². The molecule has 0 saturated carbocycles. The Morgan fingerprint density at radius 1 is 1.44 bits per heavy atom. The summed E-state index contributed by atoms with van der Waals surface area (Å²) in [7, 11) is 0. The van der Waals surface area contributed by atoms with E-state index >= 15 is 0 Å². The molecule has 0 amide bonds. The van der Waals surface area contributed by atoms with Crippen molar-refractivity contribution in [3.8, 4) is 0 Å². The van der Waals surface area contributed by atoms with Crippen molar-refractivity contribution in [3.63, 3.8) is 0 Å². The van der Waals surface area contributed by atoms with Crippen molar-refractivity contribution < 1.29 is 0 Å². The summed E-state index contributed by atoms with van der Waals surface area (Å²) in [5.41, 5.74) is 0. The maximum Gasteiger partial charge on any atom is 0.0325 e. The third-order valence-corrected chi connectivity index (χ3v) is 2.69. The standard InChI is InChI=1S/C8H13Br/c1-2-7-3-5-8(9)6-4-7/h3,5,7-8H,2,4,6H2,1H3. The second kappa shape index (κ2) is 3.40. The van der Waals surface area contributed by atoms with Gasteiger partial charge >= 0.3 is 0 Å². The molecule has 2 unspecified atom stereocenters. The molecule has 52 valence electrons. The molecule has 9 heavy (non-hydrogen) atoms. The molecule has 0 aliphatic heterocycles. The average molecular weight is 189 g/mol. The highest BCUT2D eigenvalue weighted by atomic mass is 79.9. The van der Waals surface area contributed by atoms with Gasteiger partial charge in [0.25, 0.3) is 0 Å². The molecule has 0 spiro atoms. The van der Waals surface area contributed by atoms with E-state index in [9.17, 15) is 0 Å². The largest absolute Gasteiger partial charge is 0.0845 e. The molecule has 0 nitrogen and oxygen atoms in total. The van der Waals surface area contributed by atoms with Crippen LogP contribution in [0.5, 0.6) is 0 Å². The van der Waals surface area contributed by atoms with Gasteiger partial charge in [-0.3, -0.25) is 0 Å². The molecular formula is C8H13Br. The Kier molecular flexibility index (Phi) is 2.77. The fourth-order valence-electron chi connectivity index (χ4n) is 1.18. The first-order chi connectivity index (χ1) is 4.33. The summed E-state index contributed by atoms with van der Waals surface area (Å²) < 4.78 is 0. The summed E-state index contributed by atoms with van der Waals surface area (Å²) in [6.07, 6.45) is 8.59. The minimum atomic E-state index is 0.653. The molecule has 0 saturated heterocycles. The van der Waals surface area contributed by atoms with E-state index in [1.54, 1.807) is 0 Å². The quantitative estimate of drug-likeness (QED) is 0.439. The highest BCUT2D eigenvalue weighted by Crippen LogP contribution is 2.23. The molecule has 0 heterocycles. The van der Waals surface area contributed by atoms with Crippen LogP contribution in [0.15, 0.2) is 12.2 Å². The van der Waals surface area contributed by atoms with Gasteiger partial charge in [-0.1, -0.05) is 35.0 Å². The van der Waals surface area contributed by atoms with Gasteiger partial charge in [0.05, 0.1) is 0 Å². The van der Waals surface area contributed by atoms with E-state index in [4.69, 9.17) is 0 Å². The smallest absolute Gasteiger partial charge is 0.0325 e. The lowest BCUT2D eigenvalue weighted by Crippen LogP contribution is -2.06. The van der Waals surface area contributed by atoms with Crippen molar-refractivity contribution in [2.24, 2.45) is 5.92 Å². The van der Waals surface area contributed by atoms with Crippen LogP contribution >= 0.6 is 15.9 Å². The average Bonchev–Trinajstić information content (AvgIpc) is 1.90. The van der Waals surface area contributed by atoms with Crippen LogP contribution in [0.25, 0.3) is 0 Å². The Hall–Kier alpha value is 0.220. The molecule has 0 fully saturated rings. The molecule has 0 bridgehead atoms. The number of rotatable bonds is 1. The second-order valence-electron chi connectivity index (χ2n) is 2.65. The van der Waals surface area contributed by atoms with Gasteiger partial charge in [0.15, 0.2) is 0 Å². The van der Waals surface area contributed by atoms with Gasteiger partial charge in [-0.15, -0.1) is 0 Å². The third kappa shape index (κ3) is 2.13. The van der Waals surface area contributed by atoms with Crippen molar-refractivity contribution in [2.75, 3.05) is 0 Å². The number of hydrogen-bond donors (Lipinski definition) is 0. The van der Waals surface area contributed by atoms with Gasteiger partial charge < -0.3 is 0 Å². The van der Waals surface area contributed by atoms with E-state index in [2.05, 4.69) is 35.0 Å². The maximum atomic E-state index is 3.56. The molecule has 2 atom stereocenters. The first-order valence-electron chi connectivity index (χ1n) is 3.65. The van der Waals surface area contributed by atoms with Crippen LogP contribution in [0, 0.1) is 5.92 Å². The molecule has 1 aliphatic carbocycles. The number of alkyl halides is 1. The molecule has 1 aliphatic rings. The number of hydrogen-bond acceptors (Lipinski definition) is 0. The van der Waals surface area contributed by atoms with Crippen molar-refractivity contribution >= 4 is 15.9 Å². The zero-order chi connectivity index (χ0) is 6.69. The highest BCUT2D eigenvalue weighted by Gasteiger charge is 2.10. The van der Waals surface area contributed by atoms with Crippen LogP contribution in [-0.2, 0) is 0 Å². The van der Waals surface area contributed by atoms with Crippen LogP contribution in [0.1, 0.15) is 26.2 Å². The molecular weight excluding hydrogens is 176 g/mol. The normalized spacial score (nSPS) is 34.9. The fraction of sp³-hybridized carbons (Fsp3) is 0.750. The monoisotopic (exact) mass is 188 g/mol. The van der Waals surface area contributed by atoms with Crippen LogP contribution in [-0.4, -0.2) is 4.83 Å². The minimum absolute atomic E-state index is 0.653. The molecule has 0 aromatic carbocycles. The van der Waals surface area contributed by atoms with Gasteiger partial charge in [-0.05, 0) is 25.2 Å². The van der Waals surface area contributed by atoms with Gasteiger partial charge in [0.1, 0.15) is 0 Å². The lowest BCUT2D eigenvalue weighted by Gasteiger charge is -2.16. The predicted octanol–water partition coefficient (Wildman–Crippen LogP) is 3.13. The summed E-state index contributed by atoms with van der Waals surface area (Å²) in [6, 6.07) is 0. The fourth-order valence-corrected chi connectivity index (χ4v) is 1.62. The van der Waals surface area contributed by atoms with Crippen molar-refractivity contribution in [1.82, 2.24) is 0 Å². The topological polar surface area (TPSA) is 0 Å². The molecule has 0 aromatic rings. The first kappa shape index (κ1) is 7.33. The summed E-state index contributed by atoms with van der Waals surface area (Å²) in [5, 5.41) is 0. The van der Waals surface area contributed by atoms with Crippen LogP contribution in [0.3, 0.4) is 0 Å². The molecule has 0 aromatic heterocycles. The highest BCUT2D eigenvalue weighted by molar-refractivity contribution is 9.09. The van der Waals surface area contributed by atoms with Crippen molar-refractivity contribution in [3.05, 3.63) is 12.2 Å². The lowest BCUT2D eigenvalue weighted by molar-refractivity contribution is 0.533. The van der Waals surface area contributed by atoms with E-state index in [0.717, 1.165) is 5.92 Å². The molecule has 1 heteroatoms. The summed E-state index contributed by atoms with van der Waals surface area (Å²) in [4.78, 5) is 0.653. The first-order valence-corrected chi connectivity index (χ1v) is 4.57. The number of allylic oxidation sites excluding steroid dienone is 2. The summed E-state index contributed by atoms with van der Waals surface area (Å²) in [6.45, 7) is 2.25. The second-order valence-corrected chi connectivity index (χ2v) is 3.82. The zero-order valence-corrected chi connectivity index (χ0v) is 7.39. The summed E-state index contributed by atoms with van der Waals surface area (Å²) in [5.74, 6) is 0.860. The zero-order valence-electron chi connectivity index (χ0n) is 5.81. The van der Waals surface area contributed by atoms with Gasteiger partial charge in [0, 0.05) is 4.83 Å². The lowest BCUT2D eigenvalue weighted by atomic mass is 9.94. The van der Waals surface area contributed by atoms with E-state index in [0.29, 0.717) is 4.83 Å². The van der Waals surface area contributed by atoms with Gasteiger partial charge in [-0.25, -0.2) is 0 Å². The van der Waals surface area contributed by atoms with E-state index in [1.165, 1.54) is 19.3 Å². The SMILES string of the molecule is CCC1C=CC(Br)CC1. The van der Waals surface area contributed by atoms with Crippen molar-refractivity contribution in [2.45, 2.75) is 31.0 Å². The molecule has 0 radical (unpaired) electrons. The van der Waals surface area contributed by atoms with Gasteiger partial charge in [-0.2, -0.15) is 0 Å². The Labute approximate surface area is 65.5 Å². The van der Waals surface area contributed by atoms with Crippen LogP contribution in [0.2, 0.25) is 0 Å². The Bertz CT molecular complexity index is 107.